The molecule has 0 aliphatic carbocycles. The molecule has 106 valence electrons. The number of benzene rings is 1. The molecule has 0 bridgehead atoms. The summed E-state index contributed by atoms with van der Waals surface area (Å²) in [6.45, 7) is 2.24. The Morgan fingerprint density at radius 1 is 1.45 bits per heavy atom. The van der Waals surface area contributed by atoms with Crippen LogP contribution in [0.5, 0.6) is 5.75 Å². The van der Waals surface area contributed by atoms with Crippen LogP contribution in [0.3, 0.4) is 0 Å². The van der Waals surface area contributed by atoms with E-state index in [1.807, 2.05) is 12.1 Å². The van der Waals surface area contributed by atoms with Gasteiger partial charge < -0.3 is 14.6 Å². The molecule has 5 nitrogen and oxygen atoms in total. The molecular formula is C14H16ClN3O2. The number of halogens is 1. The van der Waals surface area contributed by atoms with Gasteiger partial charge in [0.15, 0.2) is 12.4 Å². The molecule has 3 rings (SSSR count). The van der Waals surface area contributed by atoms with Gasteiger partial charge in [-0.15, -0.1) is 0 Å². The normalized spacial score (nSPS) is 18.9. The van der Waals surface area contributed by atoms with Crippen LogP contribution in [0, 0.1) is 0 Å². The average Bonchev–Trinajstić information content (AvgIpc) is 2.95. The molecule has 1 fully saturated rings. The third kappa shape index (κ3) is 3.29. The number of nitrogens with zero attached hydrogens (tertiary/aromatic N) is 2. The smallest absolute Gasteiger partial charge is 0.264 e. The maximum absolute atomic E-state index is 5.89. The van der Waals surface area contributed by atoms with E-state index < -0.39 is 0 Å². The fourth-order valence-corrected chi connectivity index (χ4v) is 2.45. The molecule has 1 aromatic heterocycles. The van der Waals surface area contributed by atoms with Crippen molar-refractivity contribution in [3.63, 3.8) is 0 Å². The Balaban J connectivity index is 1.59. The van der Waals surface area contributed by atoms with Gasteiger partial charge in [0.05, 0.1) is 0 Å². The van der Waals surface area contributed by atoms with E-state index >= 15 is 0 Å². The monoisotopic (exact) mass is 293 g/mol. The van der Waals surface area contributed by atoms with Crippen LogP contribution in [0.2, 0.25) is 5.02 Å². The average molecular weight is 294 g/mol. The van der Waals surface area contributed by atoms with Crippen LogP contribution in [0.25, 0.3) is 0 Å². The lowest BCUT2D eigenvalue weighted by atomic mass is 9.99. The van der Waals surface area contributed by atoms with Crippen molar-refractivity contribution < 1.29 is 9.26 Å². The standard InChI is InChI=1S/C14H16ClN3O2/c15-11-4-1-5-12(7-11)19-9-13-17-14(18-20-13)10-3-2-6-16-8-10/h1,4-5,7,10,16H,2-3,6,8-9H2. The second-order valence-electron chi connectivity index (χ2n) is 4.84. The van der Waals surface area contributed by atoms with Crippen molar-refractivity contribution in [2.45, 2.75) is 25.4 Å². The second kappa shape index (κ2) is 6.24. The molecule has 1 atom stereocenters. The van der Waals surface area contributed by atoms with Gasteiger partial charge in [-0.3, -0.25) is 0 Å². The molecule has 0 amide bonds. The molecule has 6 heteroatoms. The highest BCUT2D eigenvalue weighted by Crippen LogP contribution is 2.21. The number of piperidine rings is 1. The topological polar surface area (TPSA) is 60.2 Å². The molecular weight excluding hydrogens is 278 g/mol. The van der Waals surface area contributed by atoms with Crippen LogP contribution in [-0.4, -0.2) is 23.2 Å². The summed E-state index contributed by atoms with van der Waals surface area (Å²) in [5.41, 5.74) is 0. The first-order valence-electron chi connectivity index (χ1n) is 6.73. The maximum Gasteiger partial charge on any atom is 0.264 e. The van der Waals surface area contributed by atoms with Crippen molar-refractivity contribution in [1.82, 2.24) is 15.5 Å². The number of ether oxygens (including phenoxy) is 1. The van der Waals surface area contributed by atoms with Crippen molar-refractivity contribution >= 4 is 11.6 Å². The van der Waals surface area contributed by atoms with Gasteiger partial charge in [0.1, 0.15) is 5.75 Å². The van der Waals surface area contributed by atoms with E-state index in [4.69, 9.17) is 20.9 Å². The fraction of sp³-hybridized carbons (Fsp3) is 0.429. The summed E-state index contributed by atoms with van der Waals surface area (Å²) >= 11 is 5.89. The molecule has 2 aromatic rings. The van der Waals surface area contributed by atoms with Crippen LogP contribution in [0.4, 0.5) is 0 Å². The Morgan fingerprint density at radius 3 is 3.20 bits per heavy atom. The third-order valence-electron chi connectivity index (χ3n) is 3.30. The molecule has 1 saturated heterocycles. The van der Waals surface area contributed by atoms with Gasteiger partial charge in [0, 0.05) is 17.5 Å². The summed E-state index contributed by atoms with van der Waals surface area (Å²) in [7, 11) is 0. The molecule has 20 heavy (non-hydrogen) atoms. The zero-order valence-corrected chi connectivity index (χ0v) is 11.8. The first kappa shape index (κ1) is 13.4. The number of aromatic nitrogens is 2. The van der Waals surface area contributed by atoms with Gasteiger partial charge in [-0.2, -0.15) is 4.98 Å². The van der Waals surface area contributed by atoms with Crippen molar-refractivity contribution in [1.29, 1.82) is 0 Å². The van der Waals surface area contributed by atoms with E-state index in [1.54, 1.807) is 12.1 Å². The predicted molar refractivity (Wildman–Crippen MR) is 74.9 cm³/mol. The molecule has 0 saturated carbocycles. The maximum atomic E-state index is 5.89. The highest BCUT2D eigenvalue weighted by Gasteiger charge is 2.20. The Morgan fingerprint density at radius 2 is 2.40 bits per heavy atom. The van der Waals surface area contributed by atoms with Crippen molar-refractivity contribution in [3.05, 3.63) is 41.0 Å². The molecule has 2 heterocycles. The van der Waals surface area contributed by atoms with Gasteiger partial charge in [-0.25, -0.2) is 0 Å². The van der Waals surface area contributed by atoms with Crippen LogP contribution in [-0.2, 0) is 6.61 Å². The minimum Gasteiger partial charge on any atom is -0.484 e. The lowest BCUT2D eigenvalue weighted by Crippen LogP contribution is -2.28. The molecule has 1 aliphatic rings. The SMILES string of the molecule is Clc1cccc(OCc2nc(C3CCCNC3)no2)c1. The zero-order valence-electron chi connectivity index (χ0n) is 11.0. The number of hydrogen-bond acceptors (Lipinski definition) is 5. The van der Waals surface area contributed by atoms with Crippen LogP contribution in [0.1, 0.15) is 30.5 Å². The van der Waals surface area contributed by atoms with Crippen molar-refractivity contribution in [3.8, 4) is 5.75 Å². The van der Waals surface area contributed by atoms with E-state index in [1.165, 1.54) is 0 Å². The molecule has 0 radical (unpaired) electrons. The molecule has 0 spiro atoms. The summed E-state index contributed by atoms with van der Waals surface area (Å²) in [4.78, 5) is 4.40. The highest BCUT2D eigenvalue weighted by molar-refractivity contribution is 6.30. The minimum atomic E-state index is 0.257. The van der Waals surface area contributed by atoms with Crippen LogP contribution >= 0.6 is 11.6 Å². The quantitative estimate of drug-likeness (QED) is 0.939. The lowest BCUT2D eigenvalue weighted by molar-refractivity contribution is 0.242. The Labute approximate surface area is 122 Å². The highest BCUT2D eigenvalue weighted by atomic mass is 35.5. The predicted octanol–water partition coefficient (Wildman–Crippen LogP) is 2.77. The Hall–Kier alpha value is -1.59. The number of rotatable bonds is 4. The first-order valence-corrected chi connectivity index (χ1v) is 7.10. The Bertz CT molecular complexity index is 567. The minimum absolute atomic E-state index is 0.257. The summed E-state index contributed by atoms with van der Waals surface area (Å²) in [6, 6.07) is 7.23. The molecule has 1 unspecified atom stereocenters. The third-order valence-corrected chi connectivity index (χ3v) is 3.54. The van der Waals surface area contributed by atoms with Gasteiger partial charge in [0.25, 0.3) is 5.89 Å². The molecule has 1 aromatic carbocycles. The van der Waals surface area contributed by atoms with Crippen LogP contribution in [0.15, 0.2) is 28.8 Å². The van der Waals surface area contributed by atoms with E-state index in [2.05, 4.69) is 15.5 Å². The molecule has 1 aliphatic heterocycles. The van der Waals surface area contributed by atoms with Crippen LogP contribution < -0.4 is 10.1 Å². The number of hydrogen-bond donors (Lipinski definition) is 1. The lowest BCUT2D eigenvalue weighted by Gasteiger charge is -2.19. The zero-order chi connectivity index (χ0) is 13.8. The van der Waals surface area contributed by atoms with Gasteiger partial charge in [-0.1, -0.05) is 22.8 Å². The van der Waals surface area contributed by atoms with Gasteiger partial charge >= 0.3 is 0 Å². The van der Waals surface area contributed by atoms with Crippen molar-refractivity contribution in [2.24, 2.45) is 0 Å². The largest absolute Gasteiger partial charge is 0.484 e. The summed E-state index contributed by atoms with van der Waals surface area (Å²) in [5.74, 6) is 2.29. The van der Waals surface area contributed by atoms with E-state index in [0.29, 0.717) is 22.6 Å². The first-order chi connectivity index (χ1) is 9.81. The number of nitrogens with one attached hydrogen (secondary N) is 1. The summed E-state index contributed by atoms with van der Waals surface area (Å²) in [6.07, 6.45) is 2.24. The summed E-state index contributed by atoms with van der Waals surface area (Å²) < 4.78 is 10.8. The van der Waals surface area contributed by atoms with E-state index in [-0.39, 0.29) is 6.61 Å². The van der Waals surface area contributed by atoms with Gasteiger partial charge in [-0.05, 0) is 37.6 Å². The molecule has 1 N–H and O–H groups in total. The fourth-order valence-electron chi connectivity index (χ4n) is 2.27. The van der Waals surface area contributed by atoms with E-state index in [9.17, 15) is 0 Å². The summed E-state index contributed by atoms with van der Waals surface area (Å²) in [5, 5.41) is 8.02. The van der Waals surface area contributed by atoms with Gasteiger partial charge in [0.2, 0.25) is 0 Å². The Kier molecular flexibility index (Phi) is 4.18. The second-order valence-corrected chi connectivity index (χ2v) is 5.27. The van der Waals surface area contributed by atoms with E-state index in [0.717, 1.165) is 31.8 Å². The van der Waals surface area contributed by atoms with Crippen molar-refractivity contribution in [2.75, 3.05) is 13.1 Å².